The van der Waals surface area contributed by atoms with Gasteiger partial charge in [-0.25, -0.2) is 4.98 Å². The maximum atomic E-state index is 13.1. The first-order valence-electron chi connectivity index (χ1n) is 10.6. The number of hydrogen-bond acceptors (Lipinski definition) is 5. The van der Waals surface area contributed by atoms with E-state index in [-0.39, 0.29) is 30.4 Å². The van der Waals surface area contributed by atoms with E-state index in [9.17, 15) is 23.1 Å². The molecule has 33 heavy (non-hydrogen) atoms. The van der Waals surface area contributed by atoms with Crippen molar-refractivity contribution in [1.82, 2.24) is 14.8 Å². The Morgan fingerprint density at radius 3 is 2.76 bits per heavy atom. The number of carbonyl (C=O) groups is 1. The average Bonchev–Trinajstić information content (AvgIpc) is 2.75. The Balaban J connectivity index is 1.83. The smallest absolute Gasteiger partial charge is 0.416 e. The molecule has 0 radical (unpaired) electrons. The second kappa shape index (κ2) is 10.4. The lowest BCUT2D eigenvalue weighted by Crippen LogP contribution is -2.49. The van der Waals surface area contributed by atoms with Gasteiger partial charge in [0.25, 0.3) is 5.91 Å². The molecule has 1 N–H and O–H groups in total. The molecular weight excluding hydrogens is 503 g/mol. The summed E-state index contributed by atoms with van der Waals surface area (Å²) in [6, 6.07) is 6.51. The fourth-order valence-electron chi connectivity index (χ4n) is 3.82. The van der Waals surface area contributed by atoms with Crippen LogP contribution in [0.4, 0.5) is 13.2 Å². The van der Waals surface area contributed by atoms with Crippen molar-refractivity contribution in [2.75, 3.05) is 26.7 Å². The predicted octanol–water partition coefficient (Wildman–Crippen LogP) is 4.22. The number of aromatic nitrogens is 1. The number of halogens is 4. The van der Waals surface area contributed by atoms with Crippen LogP contribution in [0, 0.1) is 5.92 Å². The maximum Gasteiger partial charge on any atom is 0.416 e. The summed E-state index contributed by atoms with van der Waals surface area (Å²) < 4.78 is 45.9. The number of ether oxygens (including phenoxy) is 1. The summed E-state index contributed by atoms with van der Waals surface area (Å²) in [4.78, 5) is 20.9. The van der Waals surface area contributed by atoms with Gasteiger partial charge in [0, 0.05) is 36.2 Å². The average molecular weight is 530 g/mol. The molecule has 0 saturated carbocycles. The lowest BCUT2D eigenvalue weighted by molar-refractivity contribution is -0.137. The molecule has 180 valence electrons. The van der Waals surface area contributed by atoms with Crippen molar-refractivity contribution in [3.8, 4) is 5.88 Å². The first-order chi connectivity index (χ1) is 15.5. The molecule has 1 aliphatic heterocycles. The van der Waals surface area contributed by atoms with Gasteiger partial charge in [0.1, 0.15) is 11.7 Å². The zero-order chi connectivity index (χ0) is 24.3. The highest BCUT2D eigenvalue weighted by Crippen LogP contribution is 2.31. The maximum absolute atomic E-state index is 13.1. The predicted molar refractivity (Wildman–Crippen MR) is 121 cm³/mol. The van der Waals surface area contributed by atoms with E-state index in [0.717, 1.165) is 12.1 Å². The van der Waals surface area contributed by atoms with Crippen molar-refractivity contribution in [1.29, 1.82) is 0 Å². The van der Waals surface area contributed by atoms with Crippen LogP contribution in [-0.2, 0) is 12.7 Å². The first kappa shape index (κ1) is 25.5. The molecule has 2 aromatic rings. The number of aliphatic hydroxyl groups is 1. The van der Waals surface area contributed by atoms with E-state index < -0.39 is 17.8 Å². The third kappa shape index (κ3) is 6.24. The largest absolute Gasteiger partial charge is 0.472 e. The second-order valence-corrected chi connectivity index (χ2v) is 9.44. The minimum atomic E-state index is -4.39. The van der Waals surface area contributed by atoms with Gasteiger partial charge in [0.2, 0.25) is 5.88 Å². The van der Waals surface area contributed by atoms with Crippen molar-refractivity contribution in [2.45, 2.75) is 38.7 Å². The molecule has 1 amide bonds. The fourth-order valence-corrected chi connectivity index (χ4v) is 4.16. The van der Waals surface area contributed by atoms with E-state index in [1.807, 2.05) is 18.9 Å². The Labute approximate surface area is 199 Å². The van der Waals surface area contributed by atoms with Gasteiger partial charge in [0.05, 0.1) is 18.2 Å². The third-order valence-electron chi connectivity index (χ3n) is 5.69. The van der Waals surface area contributed by atoms with Crippen LogP contribution in [0.2, 0.25) is 0 Å². The summed E-state index contributed by atoms with van der Waals surface area (Å²) in [7, 11) is 1.81. The van der Waals surface area contributed by atoms with Gasteiger partial charge in [-0.3, -0.25) is 9.69 Å². The number of benzene rings is 1. The number of carbonyl (C=O) groups excluding carboxylic acids is 1. The van der Waals surface area contributed by atoms with Crippen LogP contribution in [0.5, 0.6) is 5.88 Å². The molecule has 1 aromatic carbocycles. The molecule has 0 saturated heterocycles. The SMILES string of the molecule is C[C@H](CO)N1C[C@H](C)[C@H](CN(C)Cc2cccc(C(F)(F)F)c2)Oc2ncc(Br)cc2C1=O. The van der Waals surface area contributed by atoms with E-state index in [0.29, 0.717) is 35.2 Å². The highest BCUT2D eigenvalue weighted by molar-refractivity contribution is 9.10. The molecule has 0 unspecified atom stereocenters. The monoisotopic (exact) mass is 529 g/mol. The Hall–Kier alpha value is -2.17. The summed E-state index contributed by atoms with van der Waals surface area (Å²) in [6.07, 6.45) is -3.23. The lowest BCUT2D eigenvalue weighted by atomic mass is 10.00. The van der Waals surface area contributed by atoms with Gasteiger partial charge in [0.15, 0.2) is 0 Å². The van der Waals surface area contributed by atoms with Crippen LogP contribution in [-0.4, -0.2) is 64.7 Å². The Bertz CT molecular complexity index is 989. The molecule has 10 heteroatoms. The summed E-state index contributed by atoms with van der Waals surface area (Å²) in [5.74, 6) is -0.198. The van der Waals surface area contributed by atoms with Crippen molar-refractivity contribution in [3.63, 3.8) is 0 Å². The number of nitrogens with zero attached hydrogens (tertiary/aromatic N) is 3. The van der Waals surface area contributed by atoms with E-state index in [1.54, 1.807) is 30.2 Å². The molecule has 0 bridgehead atoms. The van der Waals surface area contributed by atoms with Gasteiger partial charge in [-0.1, -0.05) is 25.1 Å². The number of pyridine rings is 1. The fraction of sp³-hybridized carbons (Fsp3) is 0.478. The number of aliphatic hydroxyl groups excluding tert-OH is 1. The summed E-state index contributed by atoms with van der Waals surface area (Å²) in [5.41, 5.74) is 0.154. The Morgan fingerprint density at radius 2 is 2.09 bits per heavy atom. The van der Waals surface area contributed by atoms with E-state index in [4.69, 9.17) is 4.74 Å². The van der Waals surface area contributed by atoms with Gasteiger partial charge >= 0.3 is 6.18 Å². The Morgan fingerprint density at radius 1 is 1.36 bits per heavy atom. The topological polar surface area (TPSA) is 65.9 Å². The number of likely N-dealkylation sites (N-methyl/N-ethyl adjacent to an activating group) is 1. The van der Waals surface area contributed by atoms with Crippen LogP contribution in [0.25, 0.3) is 0 Å². The zero-order valence-corrected chi connectivity index (χ0v) is 20.2. The first-order valence-corrected chi connectivity index (χ1v) is 11.4. The van der Waals surface area contributed by atoms with Crippen molar-refractivity contribution in [3.05, 3.63) is 57.7 Å². The van der Waals surface area contributed by atoms with Crippen molar-refractivity contribution < 1.29 is 27.8 Å². The molecule has 1 aliphatic rings. The molecule has 3 atom stereocenters. The zero-order valence-electron chi connectivity index (χ0n) is 18.6. The Kier molecular flexibility index (Phi) is 8.02. The number of fused-ring (bicyclic) bond motifs is 1. The highest BCUT2D eigenvalue weighted by atomic mass is 79.9. The molecule has 0 aliphatic carbocycles. The van der Waals surface area contributed by atoms with Gasteiger partial charge in [-0.05, 0) is 47.6 Å². The van der Waals surface area contributed by atoms with Gasteiger partial charge < -0.3 is 14.7 Å². The minimum Gasteiger partial charge on any atom is -0.472 e. The molecule has 3 rings (SSSR count). The van der Waals surface area contributed by atoms with Gasteiger partial charge in [-0.15, -0.1) is 0 Å². The lowest BCUT2D eigenvalue weighted by Gasteiger charge is -2.37. The van der Waals surface area contributed by atoms with Crippen LogP contribution in [0.1, 0.15) is 35.3 Å². The minimum absolute atomic E-state index is 0.120. The molecule has 1 aromatic heterocycles. The van der Waals surface area contributed by atoms with E-state index in [2.05, 4.69) is 20.9 Å². The van der Waals surface area contributed by atoms with Gasteiger partial charge in [-0.2, -0.15) is 13.2 Å². The molecule has 2 heterocycles. The van der Waals surface area contributed by atoms with E-state index >= 15 is 0 Å². The number of rotatable bonds is 6. The number of alkyl halides is 3. The summed E-state index contributed by atoms with van der Waals surface area (Å²) in [6.45, 7) is 4.59. The third-order valence-corrected chi connectivity index (χ3v) is 6.12. The second-order valence-electron chi connectivity index (χ2n) is 8.52. The van der Waals surface area contributed by atoms with Crippen LogP contribution >= 0.6 is 15.9 Å². The van der Waals surface area contributed by atoms with Crippen LogP contribution in [0.3, 0.4) is 0 Å². The molecule has 6 nitrogen and oxygen atoms in total. The van der Waals surface area contributed by atoms with Crippen molar-refractivity contribution >= 4 is 21.8 Å². The normalized spacial score (nSPS) is 20.2. The quantitative estimate of drug-likeness (QED) is 0.607. The highest BCUT2D eigenvalue weighted by Gasteiger charge is 2.34. The summed E-state index contributed by atoms with van der Waals surface area (Å²) >= 11 is 3.33. The molecule has 0 spiro atoms. The summed E-state index contributed by atoms with van der Waals surface area (Å²) in [5, 5.41) is 9.67. The number of amides is 1. The molecule has 0 fully saturated rings. The van der Waals surface area contributed by atoms with E-state index in [1.165, 1.54) is 6.07 Å². The molecular formula is C23H27BrF3N3O3. The van der Waals surface area contributed by atoms with Crippen LogP contribution in [0.15, 0.2) is 41.0 Å². The standard InChI is InChI=1S/C23H27BrF3N3O3/c1-14-10-30(15(2)13-31)22(32)19-8-18(24)9-28-21(19)33-20(14)12-29(3)11-16-5-4-6-17(7-16)23(25,26)27/h4-9,14-15,20,31H,10-13H2,1-3H3/t14-,15+,20-/m0/s1. The number of hydrogen-bond donors (Lipinski definition) is 1. The van der Waals surface area contributed by atoms with Crippen LogP contribution < -0.4 is 4.74 Å². The van der Waals surface area contributed by atoms with Crippen molar-refractivity contribution in [2.24, 2.45) is 5.92 Å².